The first kappa shape index (κ1) is 9.76. The molecule has 2 aliphatic carbocycles. The highest BCUT2D eigenvalue weighted by atomic mass is 16.5. The monoisotopic (exact) mass is 226 g/mol. The normalized spacial score (nSPS) is 39.3. The lowest BCUT2D eigenvalue weighted by Gasteiger charge is -2.25. The molecule has 3 aliphatic rings. The van der Waals surface area contributed by atoms with Crippen LogP contribution in [0.4, 0.5) is 0 Å². The SMILES string of the molecule is CC=C1CC2CC1C1c3cc(C)ccc3OC21. The van der Waals surface area contributed by atoms with Crippen molar-refractivity contribution in [1.82, 2.24) is 0 Å². The predicted octanol–water partition coefficient (Wildman–Crippen LogP) is 3.83. The summed E-state index contributed by atoms with van der Waals surface area (Å²) in [6, 6.07) is 6.67. The van der Waals surface area contributed by atoms with Gasteiger partial charge in [0.05, 0.1) is 0 Å². The molecule has 4 unspecified atom stereocenters. The van der Waals surface area contributed by atoms with Gasteiger partial charge >= 0.3 is 0 Å². The largest absolute Gasteiger partial charge is 0.489 e. The quantitative estimate of drug-likeness (QED) is 0.611. The molecule has 2 fully saturated rings. The second-order valence-corrected chi connectivity index (χ2v) is 5.82. The van der Waals surface area contributed by atoms with E-state index in [1.807, 2.05) is 0 Å². The van der Waals surface area contributed by atoms with Gasteiger partial charge in [-0.25, -0.2) is 0 Å². The Morgan fingerprint density at radius 2 is 2.24 bits per heavy atom. The first-order valence-electron chi connectivity index (χ1n) is 6.70. The van der Waals surface area contributed by atoms with Crippen molar-refractivity contribution < 1.29 is 4.74 Å². The molecule has 1 heteroatoms. The highest BCUT2D eigenvalue weighted by Crippen LogP contribution is 2.61. The second kappa shape index (κ2) is 3.16. The fraction of sp³-hybridized carbons (Fsp3) is 0.500. The van der Waals surface area contributed by atoms with E-state index in [-0.39, 0.29) is 0 Å². The van der Waals surface area contributed by atoms with Gasteiger partial charge in [0.25, 0.3) is 0 Å². The van der Waals surface area contributed by atoms with E-state index < -0.39 is 0 Å². The zero-order chi connectivity index (χ0) is 11.6. The third-order valence-corrected chi connectivity index (χ3v) is 4.94. The van der Waals surface area contributed by atoms with E-state index in [1.165, 1.54) is 24.0 Å². The van der Waals surface area contributed by atoms with Crippen molar-refractivity contribution in [3.63, 3.8) is 0 Å². The molecule has 4 atom stereocenters. The van der Waals surface area contributed by atoms with Crippen LogP contribution in [0.3, 0.4) is 0 Å². The summed E-state index contributed by atoms with van der Waals surface area (Å²) in [6.07, 6.45) is 5.44. The van der Waals surface area contributed by atoms with Crippen LogP contribution >= 0.6 is 0 Å². The van der Waals surface area contributed by atoms with Gasteiger partial charge in [-0.2, -0.15) is 0 Å². The highest BCUT2D eigenvalue weighted by molar-refractivity contribution is 5.48. The molecule has 88 valence electrons. The van der Waals surface area contributed by atoms with E-state index >= 15 is 0 Å². The minimum absolute atomic E-state index is 0.473. The fourth-order valence-electron chi connectivity index (χ4n) is 4.24. The molecular formula is C16H18O. The molecule has 1 aromatic rings. The average Bonchev–Trinajstić information content (AvgIpc) is 2.96. The number of aryl methyl sites for hydroxylation is 1. The van der Waals surface area contributed by atoms with Crippen molar-refractivity contribution >= 4 is 0 Å². The van der Waals surface area contributed by atoms with Gasteiger partial charge in [-0.15, -0.1) is 0 Å². The number of fused-ring (bicyclic) bond motifs is 7. The molecule has 17 heavy (non-hydrogen) atoms. The molecule has 0 spiro atoms. The van der Waals surface area contributed by atoms with Crippen LogP contribution in [0, 0.1) is 18.8 Å². The molecule has 1 heterocycles. The van der Waals surface area contributed by atoms with E-state index in [0.29, 0.717) is 12.0 Å². The Hall–Kier alpha value is -1.24. The lowest BCUT2D eigenvalue weighted by Crippen LogP contribution is -2.26. The Morgan fingerprint density at radius 3 is 3.06 bits per heavy atom. The van der Waals surface area contributed by atoms with E-state index in [0.717, 1.165) is 17.6 Å². The zero-order valence-corrected chi connectivity index (χ0v) is 10.4. The maximum Gasteiger partial charge on any atom is 0.123 e. The van der Waals surface area contributed by atoms with Crippen molar-refractivity contribution in [2.75, 3.05) is 0 Å². The van der Waals surface area contributed by atoms with Crippen molar-refractivity contribution in [3.05, 3.63) is 41.0 Å². The Bertz CT molecular complexity index is 514. The van der Waals surface area contributed by atoms with Crippen LogP contribution in [0.25, 0.3) is 0 Å². The predicted molar refractivity (Wildman–Crippen MR) is 68.3 cm³/mol. The van der Waals surface area contributed by atoms with Gasteiger partial charge in [-0.3, -0.25) is 0 Å². The molecule has 0 amide bonds. The standard InChI is InChI=1S/C16H18O/c1-3-10-7-11-8-12(10)15-13-6-9(2)4-5-14(13)17-16(11)15/h3-6,11-12,15-16H,7-8H2,1-2H3. The van der Waals surface area contributed by atoms with E-state index in [9.17, 15) is 0 Å². The van der Waals surface area contributed by atoms with Crippen LogP contribution in [0.1, 0.15) is 36.8 Å². The van der Waals surface area contributed by atoms with Gasteiger partial charge in [-0.1, -0.05) is 29.3 Å². The van der Waals surface area contributed by atoms with E-state index in [2.05, 4.69) is 38.1 Å². The summed E-state index contributed by atoms with van der Waals surface area (Å²) in [5.41, 5.74) is 4.51. The fourth-order valence-corrected chi connectivity index (χ4v) is 4.24. The van der Waals surface area contributed by atoms with Crippen molar-refractivity contribution in [1.29, 1.82) is 0 Å². The molecular weight excluding hydrogens is 208 g/mol. The Morgan fingerprint density at radius 1 is 1.35 bits per heavy atom. The molecule has 4 rings (SSSR count). The number of allylic oxidation sites excluding steroid dienone is 2. The topological polar surface area (TPSA) is 9.23 Å². The van der Waals surface area contributed by atoms with E-state index in [4.69, 9.17) is 4.74 Å². The molecule has 1 aliphatic heterocycles. The first-order chi connectivity index (χ1) is 8.28. The summed E-state index contributed by atoms with van der Waals surface area (Å²) in [7, 11) is 0. The summed E-state index contributed by atoms with van der Waals surface area (Å²) >= 11 is 0. The summed E-state index contributed by atoms with van der Waals surface area (Å²) in [5.74, 6) is 3.33. The maximum atomic E-state index is 6.19. The van der Waals surface area contributed by atoms with Crippen molar-refractivity contribution in [2.45, 2.75) is 38.7 Å². The molecule has 1 nitrogen and oxygen atoms in total. The molecule has 2 saturated carbocycles. The number of benzene rings is 1. The summed E-state index contributed by atoms with van der Waals surface area (Å²) in [5, 5.41) is 0. The van der Waals surface area contributed by atoms with Crippen LogP contribution in [-0.4, -0.2) is 6.10 Å². The Kier molecular flexibility index (Phi) is 1.81. The van der Waals surface area contributed by atoms with Crippen LogP contribution in [0.2, 0.25) is 0 Å². The van der Waals surface area contributed by atoms with Gasteiger partial charge < -0.3 is 4.74 Å². The van der Waals surface area contributed by atoms with Gasteiger partial charge in [0.15, 0.2) is 0 Å². The number of hydrogen-bond acceptors (Lipinski definition) is 1. The average molecular weight is 226 g/mol. The number of ether oxygens (including phenoxy) is 1. The molecule has 0 radical (unpaired) electrons. The third kappa shape index (κ3) is 1.15. The smallest absolute Gasteiger partial charge is 0.123 e. The summed E-state index contributed by atoms with van der Waals surface area (Å²) in [4.78, 5) is 0. The number of hydrogen-bond donors (Lipinski definition) is 0. The van der Waals surface area contributed by atoms with E-state index in [1.54, 1.807) is 5.57 Å². The molecule has 2 bridgehead atoms. The Balaban J connectivity index is 1.83. The minimum atomic E-state index is 0.473. The second-order valence-electron chi connectivity index (χ2n) is 5.82. The summed E-state index contributed by atoms with van der Waals surface area (Å²) in [6.45, 7) is 4.37. The zero-order valence-electron chi connectivity index (χ0n) is 10.4. The van der Waals surface area contributed by atoms with Gasteiger partial charge in [0, 0.05) is 17.4 Å². The van der Waals surface area contributed by atoms with Crippen LogP contribution in [-0.2, 0) is 0 Å². The lowest BCUT2D eigenvalue weighted by atomic mass is 9.79. The van der Waals surface area contributed by atoms with Gasteiger partial charge in [-0.05, 0) is 38.7 Å². The third-order valence-electron chi connectivity index (χ3n) is 4.94. The molecule has 0 aromatic heterocycles. The Labute approximate surface area is 102 Å². The van der Waals surface area contributed by atoms with Crippen LogP contribution < -0.4 is 4.74 Å². The highest BCUT2D eigenvalue weighted by Gasteiger charge is 2.55. The molecule has 0 N–H and O–H groups in total. The maximum absolute atomic E-state index is 6.19. The van der Waals surface area contributed by atoms with Gasteiger partial charge in [0.2, 0.25) is 0 Å². The van der Waals surface area contributed by atoms with Crippen LogP contribution in [0.5, 0.6) is 5.75 Å². The number of rotatable bonds is 0. The molecule has 1 aromatic carbocycles. The molecule has 0 saturated heterocycles. The minimum Gasteiger partial charge on any atom is -0.489 e. The first-order valence-corrected chi connectivity index (χ1v) is 6.70. The van der Waals surface area contributed by atoms with Crippen molar-refractivity contribution in [2.24, 2.45) is 11.8 Å². The van der Waals surface area contributed by atoms with Crippen molar-refractivity contribution in [3.8, 4) is 5.75 Å². The lowest BCUT2D eigenvalue weighted by molar-refractivity contribution is 0.161. The van der Waals surface area contributed by atoms with Gasteiger partial charge in [0.1, 0.15) is 11.9 Å². The van der Waals surface area contributed by atoms with Crippen LogP contribution in [0.15, 0.2) is 29.8 Å². The summed E-state index contributed by atoms with van der Waals surface area (Å²) < 4.78 is 6.19.